The highest BCUT2D eigenvalue weighted by molar-refractivity contribution is 7.74. The predicted octanol–water partition coefficient (Wildman–Crippen LogP) is 0.420. The summed E-state index contributed by atoms with van der Waals surface area (Å²) < 4.78 is 23.8. The monoisotopic (exact) mass is 244 g/mol. The predicted molar refractivity (Wildman–Crippen MR) is 59.8 cm³/mol. The van der Waals surface area contributed by atoms with Crippen molar-refractivity contribution in [2.75, 3.05) is 5.73 Å². The van der Waals surface area contributed by atoms with Crippen LogP contribution in [0.5, 0.6) is 5.75 Å². The number of hydrogen-bond acceptors (Lipinski definition) is 4. The number of nitrogens with one attached hydrogen (secondary N) is 1. The molecular formula is C9H12N2O4S. The first kappa shape index (κ1) is 12.5. The van der Waals surface area contributed by atoms with E-state index >= 15 is 0 Å². The Morgan fingerprint density at radius 2 is 2.31 bits per heavy atom. The lowest BCUT2D eigenvalue weighted by molar-refractivity contribution is -0.119. The van der Waals surface area contributed by atoms with Crippen LogP contribution in [0, 0.1) is 0 Å². The van der Waals surface area contributed by atoms with Crippen LogP contribution in [-0.4, -0.2) is 14.7 Å². The molecule has 0 aromatic heterocycles. The molecule has 1 aromatic carbocycles. The molecule has 0 radical (unpaired) electrons. The average Bonchev–Trinajstić information content (AvgIpc) is 2.15. The van der Waals surface area contributed by atoms with Gasteiger partial charge < -0.3 is 15.2 Å². The number of carbonyl (C=O) groups is 1. The lowest BCUT2D eigenvalue weighted by Gasteiger charge is -2.09. The smallest absolute Gasteiger partial charge is 0.357 e. The SMILES string of the molecule is CC(=O)NCc1ccc(N)cc1OS(=O)O. The lowest BCUT2D eigenvalue weighted by Crippen LogP contribution is -2.19. The van der Waals surface area contributed by atoms with E-state index in [1.54, 1.807) is 12.1 Å². The Kier molecular flexibility index (Phi) is 4.27. The standard InChI is InChI=1S/C9H12N2O4S/c1-6(12)11-5-7-2-3-8(10)4-9(7)15-16(13)14/h2-4H,5,10H2,1H3,(H,11,12)(H,13,14). The molecule has 6 nitrogen and oxygen atoms in total. The second-order valence-electron chi connectivity index (χ2n) is 3.08. The third kappa shape index (κ3) is 3.87. The summed E-state index contributed by atoms with van der Waals surface area (Å²) in [5.74, 6) is -0.0255. The van der Waals surface area contributed by atoms with E-state index in [0.29, 0.717) is 11.3 Å². The number of amides is 1. The van der Waals surface area contributed by atoms with Crippen LogP contribution in [-0.2, 0) is 22.7 Å². The molecule has 0 aliphatic carbocycles. The molecule has 88 valence electrons. The maximum Gasteiger partial charge on any atom is 0.357 e. The molecule has 4 N–H and O–H groups in total. The topological polar surface area (TPSA) is 102 Å². The van der Waals surface area contributed by atoms with Gasteiger partial charge in [0.1, 0.15) is 5.75 Å². The number of benzene rings is 1. The fourth-order valence-electron chi connectivity index (χ4n) is 1.09. The van der Waals surface area contributed by atoms with Gasteiger partial charge >= 0.3 is 11.4 Å². The van der Waals surface area contributed by atoms with E-state index < -0.39 is 11.4 Å². The van der Waals surface area contributed by atoms with Crippen LogP contribution in [0.4, 0.5) is 5.69 Å². The molecule has 16 heavy (non-hydrogen) atoms. The first-order chi connectivity index (χ1) is 7.49. The number of rotatable bonds is 4. The van der Waals surface area contributed by atoms with Crippen LogP contribution in [0.1, 0.15) is 12.5 Å². The Bertz CT molecular complexity index is 422. The van der Waals surface area contributed by atoms with E-state index in [2.05, 4.69) is 9.50 Å². The minimum atomic E-state index is -2.42. The molecule has 0 fully saturated rings. The maximum absolute atomic E-state index is 10.7. The van der Waals surface area contributed by atoms with Crippen molar-refractivity contribution in [3.05, 3.63) is 23.8 Å². The van der Waals surface area contributed by atoms with Crippen molar-refractivity contribution in [2.24, 2.45) is 0 Å². The second-order valence-corrected chi connectivity index (χ2v) is 3.68. The molecule has 0 saturated carbocycles. The largest absolute Gasteiger partial charge is 0.399 e. The van der Waals surface area contributed by atoms with Crippen molar-refractivity contribution in [2.45, 2.75) is 13.5 Å². The van der Waals surface area contributed by atoms with Crippen molar-refractivity contribution in [3.63, 3.8) is 0 Å². The zero-order chi connectivity index (χ0) is 12.1. The van der Waals surface area contributed by atoms with Gasteiger partial charge in [-0.25, -0.2) is 0 Å². The van der Waals surface area contributed by atoms with Crippen LogP contribution in [0.2, 0.25) is 0 Å². The van der Waals surface area contributed by atoms with Gasteiger partial charge in [-0.2, -0.15) is 4.21 Å². The zero-order valence-electron chi connectivity index (χ0n) is 8.60. The van der Waals surface area contributed by atoms with Gasteiger partial charge in [-0.15, -0.1) is 0 Å². The number of hydrogen-bond donors (Lipinski definition) is 3. The van der Waals surface area contributed by atoms with Gasteiger partial charge in [-0.05, 0) is 6.07 Å². The molecule has 1 rings (SSSR count). The van der Waals surface area contributed by atoms with Crippen LogP contribution in [0.25, 0.3) is 0 Å². The Balaban J connectivity index is 2.88. The number of anilines is 1. The first-order valence-corrected chi connectivity index (χ1v) is 5.44. The lowest BCUT2D eigenvalue weighted by atomic mass is 10.2. The molecule has 0 saturated heterocycles. The van der Waals surface area contributed by atoms with Gasteiger partial charge in [0.25, 0.3) is 0 Å². The van der Waals surface area contributed by atoms with Crippen molar-refractivity contribution in [1.29, 1.82) is 0 Å². The molecular weight excluding hydrogens is 232 g/mol. The van der Waals surface area contributed by atoms with Crippen LogP contribution in [0.15, 0.2) is 18.2 Å². The maximum atomic E-state index is 10.7. The molecule has 1 amide bonds. The minimum Gasteiger partial charge on any atom is -0.399 e. The van der Waals surface area contributed by atoms with Gasteiger partial charge in [0.2, 0.25) is 5.91 Å². The highest BCUT2D eigenvalue weighted by Gasteiger charge is 2.07. The molecule has 0 bridgehead atoms. The fourth-order valence-corrected chi connectivity index (χ4v) is 1.40. The summed E-state index contributed by atoms with van der Waals surface area (Å²) in [4.78, 5) is 10.7. The third-order valence-electron chi connectivity index (χ3n) is 1.78. The number of nitrogen functional groups attached to an aromatic ring is 1. The van der Waals surface area contributed by atoms with Crippen LogP contribution in [0.3, 0.4) is 0 Å². The van der Waals surface area contributed by atoms with E-state index in [-0.39, 0.29) is 18.2 Å². The Morgan fingerprint density at radius 1 is 1.62 bits per heavy atom. The van der Waals surface area contributed by atoms with Gasteiger partial charge in [0.15, 0.2) is 0 Å². The van der Waals surface area contributed by atoms with Crippen molar-refractivity contribution in [1.82, 2.24) is 5.32 Å². The molecule has 1 atom stereocenters. The average molecular weight is 244 g/mol. The second kappa shape index (κ2) is 5.47. The first-order valence-electron chi connectivity index (χ1n) is 4.41. The van der Waals surface area contributed by atoms with Crippen LogP contribution < -0.4 is 15.2 Å². The summed E-state index contributed by atoms with van der Waals surface area (Å²) >= 11 is -2.42. The van der Waals surface area contributed by atoms with Gasteiger partial charge in [0, 0.05) is 30.8 Å². The van der Waals surface area contributed by atoms with E-state index in [1.807, 2.05) is 0 Å². The summed E-state index contributed by atoms with van der Waals surface area (Å²) in [7, 11) is 0. The highest BCUT2D eigenvalue weighted by atomic mass is 32.2. The summed E-state index contributed by atoms with van der Waals surface area (Å²) in [5.41, 5.74) is 6.50. The van der Waals surface area contributed by atoms with Crippen molar-refractivity contribution >= 4 is 23.0 Å². The third-order valence-corrected chi connectivity index (χ3v) is 2.10. The number of carbonyl (C=O) groups excluding carboxylic acids is 1. The van der Waals surface area contributed by atoms with E-state index in [1.165, 1.54) is 13.0 Å². The normalized spacial score (nSPS) is 11.9. The zero-order valence-corrected chi connectivity index (χ0v) is 9.41. The molecule has 0 aliphatic heterocycles. The van der Waals surface area contributed by atoms with E-state index in [9.17, 15) is 9.00 Å². The van der Waals surface area contributed by atoms with Crippen molar-refractivity contribution in [3.8, 4) is 5.75 Å². The molecule has 1 aromatic rings. The van der Waals surface area contributed by atoms with Crippen LogP contribution >= 0.6 is 0 Å². The summed E-state index contributed by atoms with van der Waals surface area (Å²) in [6.45, 7) is 1.59. The highest BCUT2D eigenvalue weighted by Crippen LogP contribution is 2.22. The Labute approximate surface area is 95.3 Å². The quantitative estimate of drug-likeness (QED) is 0.526. The minimum absolute atomic E-state index is 0.176. The summed E-state index contributed by atoms with van der Waals surface area (Å²) in [6.07, 6.45) is 0. The van der Waals surface area contributed by atoms with E-state index in [0.717, 1.165) is 0 Å². The van der Waals surface area contributed by atoms with Gasteiger partial charge in [0.05, 0.1) is 0 Å². The Morgan fingerprint density at radius 3 is 2.88 bits per heavy atom. The molecule has 0 spiro atoms. The molecule has 0 aliphatic rings. The summed E-state index contributed by atoms with van der Waals surface area (Å²) in [5, 5.41) is 2.55. The molecule has 1 unspecified atom stereocenters. The van der Waals surface area contributed by atoms with E-state index in [4.69, 9.17) is 10.3 Å². The number of nitrogens with two attached hydrogens (primary N) is 1. The molecule has 0 heterocycles. The summed E-state index contributed by atoms with van der Waals surface area (Å²) in [6, 6.07) is 4.66. The Hall–Kier alpha value is -1.60. The van der Waals surface area contributed by atoms with Gasteiger partial charge in [-0.1, -0.05) is 6.07 Å². The van der Waals surface area contributed by atoms with Gasteiger partial charge in [-0.3, -0.25) is 9.35 Å². The van der Waals surface area contributed by atoms with Crippen molar-refractivity contribution < 1.29 is 17.7 Å². The molecule has 7 heteroatoms. The fraction of sp³-hybridized carbons (Fsp3) is 0.222.